The molecule has 0 aromatic heterocycles. The molecule has 9 atom stereocenters. The minimum atomic E-state index is -0.935. The Morgan fingerprint density at radius 1 is 1.16 bits per heavy atom. The van der Waals surface area contributed by atoms with Crippen LogP contribution in [0.5, 0.6) is 11.5 Å². The predicted octanol–water partition coefficient (Wildman–Crippen LogP) is 6.56. The van der Waals surface area contributed by atoms with Gasteiger partial charge in [-0.25, -0.2) is 4.99 Å². The van der Waals surface area contributed by atoms with Crippen LogP contribution in [0.3, 0.4) is 0 Å². The molecule has 2 amide bonds. The first kappa shape index (κ1) is 43.2. The number of ether oxygens (including phenoxy) is 2. The highest BCUT2D eigenvalue weighted by Gasteiger charge is 2.56. The maximum atomic E-state index is 14.2. The smallest absolute Gasteiger partial charge is 0.265 e. The molecule has 2 heterocycles. The summed E-state index contributed by atoms with van der Waals surface area (Å²) in [7, 11) is 5.63. The lowest BCUT2D eigenvalue weighted by molar-refractivity contribution is -0.181. The lowest BCUT2D eigenvalue weighted by atomic mass is 9.43. The number of aliphatic hydroxyl groups excluding tert-OH is 2. The Kier molecular flexibility index (Phi) is 12.4. The Hall–Kier alpha value is -3.35. The van der Waals surface area contributed by atoms with Crippen LogP contribution in [0.25, 0.3) is 11.1 Å². The van der Waals surface area contributed by atoms with E-state index in [-0.39, 0.29) is 36.4 Å². The normalized spacial score (nSPS) is 28.8. The Balaban J connectivity index is 1.31. The van der Waals surface area contributed by atoms with Crippen LogP contribution in [0.15, 0.2) is 35.3 Å². The number of likely N-dealkylation sites (N-methyl/N-ethyl adjacent to an activating group) is 1. The average Bonchev–Trinajstić information content (AvgIpc) is 3.64. The topological polar surface area (TPSA) is 133 Å². The van der Waals surface area contributed by atoms with Gasteiger partial charge in [0, 0.05) is 42.3 Å². The van der Waals surface area contributed by atoms with E-state index in [1.807, 2.05) is 58.4 Å². The second-order valence-electron chi connectivity index (χ2n) is 20.1. The van der Waals surface area contributed by atoms with Crippen LogP contribution in [-0.4, -0.2) is 102 Å². The first-order chi connectivity index (χ1) is 26.6. The molecule has 0 radical (unpaired) electrons. The van der Waals surface area contributed by atoms with E-state index >= 15 is 0 Å². The number of amides is 2. The summed E-state index contributed by atoms with van der Waals surface area (Å²) >= 11 is 0. The Morgan fingerprint density at radius 2 is 1.88 bits per heavy atom. The number of benzene rings is 2. The van der Waals surface area contributed by atoms with Crippen molar-refractivity contribution in [1.82, 2.24) is 15.3 Å². The second kappa shape index (κ2) is 16.4. The number of para-hydroxylation sites is 1. The molecule has 2 aliphatic heterocycles. The molecule has 2 aromatic rings. The molecular weight excluding hydrogens is 721 g/mol. The molecule has 57 heavy (non-hydrogen) atoms. The number of rotatable bonds is 13. The van der Waals surface area contributed by atoms with Crippen molar-refractivity contribution in [3.05, 3.63) is 47.0 Å². The number of methoxy groups -OCH3 is 1. The van der Waals surface area contributed by atoms with E-state index in [0.29, 0.717) is 53.2 Å². The van der Waals surface area contributed by atoms with Gasteiger partial charge in [-0.05, 0) is 112 Å². The van der Waals surface area contributed by atoms with Crippen molar-refractivity contribution in [3.8, 4) is 22.6 Å². The zero-order chi connectivity index (χ0) is 41.8. The molecule has 5 aliphatic rings. The van der Waals surface area contributed by atoms with Crippen molar-refractivity contribution in [2.24, 2.45) is 45.4 Å². The van der Waals surface area contributed by atoms with E-state index in [1.54, 1.807) is 19.1 Å². The molecule has 11 heteroatoms. The van der Waals surface area contributed by atoms with Crippen LogP contribution in [0.1, 0.15) is 103 Å². The van der Waals surface area contributed by atoms with Crippen molar-refractivity contribution >= 4 is 18.0 Å². The maximum Gasteiger partial charge on any atom is 0.265 e. The van der Waals surface area contributed by atoms with Gasteiger partial charge in [-0.15, -0.1) is 0 Å². The molecule has 314 valence electrons. The van der Waals surface area contributed by atoms with Gasteiger partial charge in [-0.3, -0.25) is 14.4 Å². The van der Waals surface area contributed by atoms with E-state index in [2.05, 4.69) is 62.8 Å². The van der Waals surface area contributed by atoms with Gasteiger partial charge in [0.1, 0.15) is 29.2 Å². The predicted molar refractivity (Wildman–Crippen MR) is 223 cm³/mol. The van der Waals surface area contributed by atoms with Crippen LogP contribution < -0.4 is 14.8 Å². The third-order valence-corrected chi connectivity index (χ3v) is 13.3. The third-order valence-electron chi connectivity index (χ3n) is 13.3. The largest absolute Gasteiger partial charge is 0.496 e. The summed E-state index contributed by atoms with van der Waals surface area (Å²) in [6.07, 6.45) is 3.80. The first-order valence-electron chi connectivity index (χ1n) is 20.9. The number of fused-ring (bicyclic) bond motifs is 3. The van der Waals surface area contributed by atoms with Gasteiger partial charge < -0.3 is 29.9 Å². The fourth-order valence-electron chi connectivity index (χ4n) is 10.5. The molecule has 11 nitrogen and oxygen atoms in total. The monoisotopic (exact) mass is 789 g/mol. The highest BCUT2D eigenvalue weighted by Crippen LogP contribution is 2.62. The Labute approximate surface area is 340 Å². The fourth-order valence-corrected chi connectivity index (χ4v) is 10.5. The molecule has 4 fully saturated rings. The molecule has 2 bridgehead atoms. The van der Waals surface area contributed by atoms with Gasteiger partial charge >= 0.3 is 0 Å². The molecular formula is C46H68N4O7. The fraction of sp³-hybridized carbons (Fsp3) is 0.674. The van der Waals surface area contributed by atoms with E-state index in [9.17, 15) is 19.8 Å². The number of hydrogen-bond donors (Lipinski definition) is 3. The summed E-state index contributed by atoms with van der Waals surface area (Å²) < 4.78 is 12.5. The number of nitrogens with one attached hydrogen (secondary N) is 1. The van der Waals surface area contributed by atoms with E-state index in [4.69, 9.17) is 14.3 Å². The van der Waals surface area contributed by atoms with Crippen LogP contribution in [-0.2, 0) is 22.6 Å². The van der Waals surface area contributed by atoms with Crippen LogP contribution in [0.2, 0.25) is 0 Å². The summed E-state index contributed by atoms with van der Waals surface area (Å²) in [6, 6.07) is 8.78. The van der Waals surface area contributed by atoms with Gasteiger partial charge in [0.05, 0.1) is 31.9 Å². The van der Waals surface area contributed by atoms with Crippen LogP contribution in [0, 0.1) is 40.4 Å². The molecule has 2 aromatic carbocycles. The van der Waals surface area contributed by atoms with Crippen LogP contribution in [0.4, 0.5) is 0 Å². The molecule has 3 saturated carbocycles. The van der Waals surface area contributed by atoms with Crippen molar-refractivity contribution in [1.29, 1.82) is 0 Å². The van der Waals surface area contributed by atoms with Crippen LogP contribution >= 0.6 is 0 Å². The molecule has 0 spiro atoms. The lowest BCUT2D eigenvalue weighted by Gasteiger charge is -2.61. The highest BCUT2D eigenvalue weighted by molar-refractivity contribution is 5.99. The molecule has 2 unspecified atom stereocenters. The first-order valence-corrected chi connectivity index (χ1v) is 20.9. The van der Waals surface area contributed by atoms with Crippen molar-refractivity contribution < 1.29 is 34.1 Å². The summed E-state index contributed by atoms with van der Waals surface area (Å²) in [6.45, 7) is 19.7. The maximum absolute atomic E-state index is 14.2. The minimum Gasteiger partial charge on any atom is -0.496 e. The number of aliphatic hydroxyl groups is 2. The number of carbonyl (C=O) groups excluding carboxylic acids is 2. The average molecular weight is 789 g/mol. The Bertz CT molecular complexity index is 1830. The number of carbonyl (C=O) groups is 2. The van der Waals surface area contributed by atoms with Gasteiger partial charge in [0.25, 0.3) is 11.8 Å². The number of nitrogens with zero attached hydrogens (tertiary/aromatic N) is 3. The van der Waals surface area contributed by atoms with Gasteiger partial charge in [-0.1, -0.05) is 59.7 Å². The molecule has 3 N–H and O–H groups in total. The summed E-state index contributed by atoms with van der Waals surface area (Å²) in [5.41, 5.74) is 3.58. The zero-order valence-corrected chi connectivity index (χ0v) is 36.4. The minimum absolute atomic E-state index is 0.0111. The van der Waals surface area contributed by atoms with Gasteiger partial charge in [0.2, 0.25) is 0 Å². The number of hydroxylamine groups is 2. The van der Waals surface area contributed by atoms with Gasteiger partial charge in [0.15, 0.2) is 0 Å². The zero-order valence-electron chi connectivity index (χ0n) is 36.4. The Morgan fingerprint density at radius 3 is 2.47 bits per heavy atom. The summed E-state index contributed by atoms with van der Waals surface area (Å²) in [4.78, 5) is 41.3. The molecule has 3 aliphatic carbocycles. The molecule has 7 rings (SSSR count). The van der Waals surface area contributed by atoms with E-state index in [1.165, 1.54) is 6.42 Å². The summed E-state index contributed by atoms with van der Waals surface area (Å²) in [5.74, 6) is 1.77. The van der Waals surface area contributed by atoms with E-state index in [0.717, 1.165) is 35.1 Å². The highest BCUT2D eigenvalue weighted by atomic mass is 16.7. The standard InChI is InChI=1S/C46H68N4O7/c1-26-31(17-32-19-36(26)46(32,8)9)22-47-43(54)39-38(27(2)52)37(25-51)57-50(39)23-28-14-13-15-34(40(28)55-12)29-16-30-20-45(6,7)56-41(30)35(18-29)42(53)48-33(24-49(10)11)21-44(3,4)5/h13-16,18,22,26-27,31-33,36-39,51-52H,17,19-21,23-25H2,1-12H3,(H,48,53)/t26-,27+,31?,32?,33+,36+,37+,38-,39+/m1/s1. The van der Waals surface area contributed by atoms with E-state index < -0.39 is 35.7 Å². The SMILES string of the molecule is COc1c(CN2O[C@@H](CO)[C@@H]([C@H](C)O)[C@H]2C(=O)N=CC2CC3C[C@@H]([C@@H]2C)C3(C)C)cccc1-c1cc2c(c(C(=O)N[C@H](CN(C)C)CC(C)(C)C)c1)OC(C)(C)C2. The van der Waals surface area contributed by atoms with Crippen molar-refractivity contribution in [3.63, 3.8) is 0 Å². The third kappa shape index (κ3) is 8.98. The number of hydrogen-bond acceptors (Lipinski definition) is 9. The van der Waals surface area contributed by atoms with Crippen molar-refractivity contribution in [2.45, 2.75) is 124 Å². The van der Waals surface area contributed by atoms with Crippen molar-refractivity contribution in [2.75, 3.05) is 34.4 Å². The van der Waals surface area contributed by atoms with Gasteiger partial charge in [-0.2, -0.15) is 5.06 Å². The second-order valence-corrected chi connectivity index (χ2v) is 20.1. The lowest BCUT2D eigenvalue weighted by Crippen LogP contribution is -2.55. The number of aliphatic imine (C=N–C) groups is 1. The summed E-state index contributed by atoms with van der Waals surface area (Å²) in [5, 5.41) is 26.2. The quantitative estimate of drug-likeness (QED) is 0.193. The molecule has 1 saturated heterocycles.